The van der Waals surface area contributed by atoms with Crippen LogP contribution in [0.3, 0.4) is 0 Å². The van der Waals surface area contributed by atoms with Gasteiger partial charge in [-0.05, 0) is 12.1 Å². The van der Waals surface area contributed by atoms with Crippen molar-refractivity contribution in [3.63, 3.8) is 0 Å². The Bertz CT molecular complexity index is 459. The number of anilines is 2. The van der Waals surface area contributed by atoms with Crippen molar-refractivity contribution >= 4 is 11.4 Å². The van der Waals surface area contributed by atoms with Gasteiger partial charge in [-0.3, -0.25) is 0 Å². The molecule has 0 unspecified atom stereocenters. The van der Waals surface area contributed by atoms with Gasteiger partial charge in [-0.1, -0.05) is 0 Å². The van der Waals surface area contributed by atoms with E-state index in [0.29, 0.717) is 5.69 Å². The highest BCUT2D eigenvalue weighted by Gasteiger charge is 2.03. The molecule has 76 valence electrons. The van der Waals surface area contributed by atoms with Gasteiger partial charge in [0.25, 0.3) is 0 Å². The fourth-order valence-electron chi connectivity index (χ4n) is 1.11. The van der Waals surface area contributed by atoms with Crippen molar-refractivity contribution < 1.29 is 8.78 Å². The number of benzene rings is 1. The van der Waals surface area contributed by atoms with Crippen molar-refractivity contribution in [2.24, 2.45) is 0 Å². The maximum Gasteiger partial charge on any atom is 0.149 e. The van der Waals surface area contributed by atoms with Crippen LogP contribution in [-0.2, 0) is 0 Å². The van der Waals surface area contributed by atoms with E-state index in [1.54, 1.807) is 0 Å². The lowest BCUT2D eigenvalue weighted by atomic mass is 10.3. The summed E-state index contributed by atoms with van der Waals surface area (Å²) < 4.78 is 25.8. The van der Waals surface area contributed by atoms with E-state index in [9.17, 15) is 8.78 Å². The van der Waals surface area contributed by atoms with Crippen LogP contribution in [0.25, 0.3) is 0 Å². The molecule has 0 atom stereocenters. The van der Waals surface area contributed by atoms with Gasteiger partial charge in [0.1, 0.15) is 18.0 Å². The summed E-state index contributed by atoms with van der Waals surface area (Å²) >= 11 is 0. The lowest BCUT2D eigenvalue weighted by molar-refractivity contribution is 0.586. The average Bonchev–Trinajstić information content (AvgIpc) is 2.24. The van der Waals surface area contributed by atoms with E-state index < -0.39 is 11.6 Å². The Morgan fingerprint density at radius 3 is 2.47 bits per heavy atom. The molecule has 15 heavy (non-hydrogen) atoms. The third kappa shape index (κ3) is 2.25. The molecular weight excluding hydrogens is 200 g/mol. The van der Waals surface area contributed by atoms with E-state index in [-0.39, 0.29) is 5.69 Å². The number of hydrogen-bond donors (Lipinski definition) is 1. The normalized spacial score (nSPS) is 10.0. The highest BCUT2D eigenvalue weighted by Crippen LogP contribution is 2.19. The van der Waals surface area contributed by atoms with Crippen molar-refractivity contribution in [2.45, 2.75) is 0 Å². The first-order valence-electron chi connectivity index (χ1n) is 4.23. The first kappa shape index (κ1) is 9.51. The molecule has 0 aliphatic carbocycles. The SMILES string of the molecule is Fc1ccc(Nc2cncnc2)c(F)c1. The van der Waals surface area contributed by atoms with E-state index in [0.717, 1.165) is 6.07 Å². The summed E-state index contributed by atoms with van der Waals surface area (Å²) in [5.41, 5.74) is 0.731. The second-order valence-electron chi connectivity index (χ2n) is 2.88. The molecule has 0 fully saturated rings. The lowest BCUT2D eigenvalue weighted by Crippen LogP contribution is -1.95. The van der Waals surface area contributed by atoms with Crippen molar-refractivity contribution in [1.82, 2.24) is 9.97 Å². The van der Waals surface area contributed by atoms with E-state index in [4.69, 9.17) is 0 Å². The molecule has 0 aliphatic heterocycles. The summed E-state index contributed by atoms with van der Waals surface area (Å²) in [5.74, 6) is -1.26. The Balaban J connectivity index is 2.25. The molecule has 0 aliphatic rings. The van der Waals surface area contributed by atoms with Crippen LogP contribution in [0.2, 0.25) is 0 Å². The van der Waals surface area contributed by atoms with Crippen molar-refractivity contribution in [2.75, 3.05) is 5.32 Å². The van der Waals surface area contributed by atoms with Gasteiger partial charge in [0, 0.05) is 6.07 Å². The first-order chi connectivity index (χ1) is 7.25. The number of hydrogen-bond acceptors (Lipinski definition) is 3. The van der Waals surface area contributed by atoms with Crippen molar-refractivity contribution in [1.29, 1.82) is 0 Å². The standard InChI is InChI=1S/C10H7F2N3/c11-7-1-2-10(9(12)3-7)15-8-4-13-6-14-5-8/h1-6,15H. The molecule has 1 heterocycles. The van der Waals surface area contributed by atoms with Crippen LogP contribution in [0.15, 0.2) is 36.9 Å². The molecule has 0 saturated heterocycles. The molecule has 0 bridgehead atoms. The van der Waals surface area contributed by atoms with Crippen LogP contribution in [0.4, 0.5) is 20.2 Å². The zero-order valence-corrected chi connectivity index (χ0v) is 7.61. The summed E-state index contributed by atoms with van der Waals surface area (Å²) in [6, 6.07) is 3.30. The van der Waals surface area contributed by atoms with Gasteiger partial charge in [0.05, 0.1) is 23.8 Å². The molecule has 1 aromatic carbocycles. The molecular formula is C10H7F2N3. The Morgan fingerprint density at radius 2 is 1.80 bits per heavy atom. The quantitative estimate of drug-likeness (QED) is 0.822. The molecule has 5 heteroatoms. The Kier molecular flexibility index (Phi) is 2.53. The zero-order chi connectivity index (χ0) is 10.7. The van der Waals surface area contributed by atoms with Gasteiger partial charge in [0.15, 0.2) is 0 Å². The summed E-state index contributed by atoms with van der Waals surface area (Å²) in [5, 5.41) is 2.73. The fraction of sp³-hybridized carbons (Fsp3) is 0. The summed E-state index contributed by atoms with van der Waals surface area (Å²) in [4.78, 5) is 7.52. The third-order valence-corrected chi connectivity index (χ3v) is 1.77. The number of nitrogens with one attached hydrogen (secondary N) is 1. The number of aromatic nitrogens is 2. The number of halogens is 2. The minimum absolute atomic E-state index is 0.186. The van der Waals surface area contributed by atoms with Crippen LogP contribution in [0.5, 0.6) is 0 Å². The first-order valence-corrected chi connectivity index (χ1v) is 4.23. The van der Waals surface area contributed by atoms with Crippen molar-refractivity contribution in [3.05, 3.63) is 48.6 Å². The van der Waals surface area contributed by atoms with Gasteiger partial charge in [-0.25, -0.2) is 18.7 Å². The second kappa shape index (κ2) is 4.00. The molecule has 3 nitrogen and oxygen atoms in total. The molecule has 1 N–H and O–H groups in total. The van der Waals surface area contributed by atoms with Crippen LogP contribution >= 0.6 is 0 Å². The predicted octanol–water partition coefficient (Wildman–Crippen LogP) is 2.50. The van der Waals surface area contributed by atoms with Gasteiger partial charge in [-0.2, -0.15) is 0 Å². The molecule has 0 spiro atoms. The summed E-state index contributed by atoms with van der Waals surface area (Å²) in [7, 11) is 0. The largest absolute Gasteiger partial charge is 0.351 e. The average molecular weight is 207 g/mol. The highest BCUT2D eigenvalue weighted by atomic mass is 19.1. The Morgan fingerprint density at radius 1 is 1.07 bits per heavy atom. The van der Waals surface area contributed by atoms with Gasteiger partial charge < -0.3 is 5.32 Å². The third-order valence-electron chi connectivity index (χ3n) is 1.77. The van der Waals surface area contributed by atoms with E-state index in [2.05, 4.69) is 15.3 Å². The topological polar surface area (TPSA) is 37.8 Å². The zero-order valence-electron chi connectivity index (χ0n) is 7.61. The highest BCUT2D eigenvalue weighted by molar-refractivity contribution is 5.58. The van der Waals surface area contributed by atoms with Crippen LogP contribution in [0.1, 0.15) is 0 Å². The van der Waals surface area contributed by atoms with Crippen LogP contribution < -0.4 is 5.32 Å². The van der Waals surface area contributed by atoms with Gasteiger partial charge in [0.2, 0.25) is 0 Å². The maximum atomic E-state index is 13.2. The molecule has 0 amide bonds. The molecule has 0 saturated carbocycles. The van der Waals surface area contributed by atoms with Crippen molar-refractivity contribution in [3.8, 4) is 0 Å². The van der Waals surface area contributed by atoms with Crippen LogP contribution in [0, 0.1) is 11.6 Å². The molecule has 1 aromatic heterocycles. The second-order valence-corrected chi connectivity index (χ2v) is 2.88. The Labute approximate surface area is 84.8 Å². The van der Waals surface area contributed by atoms with Crippen LogP contribution in [-0.4, -0.2) is 9.97 Å². The fourth-order valence-corrected chi connectivity index (χ4v) is 1.11. The number of rotatable bonds is 2. The maximum absolute atomic E-state index is 13.2. The molecule has 0 radical (unpaired) electrons. The van der Waals surface area contributed by atoms with Gasteiger partial charge >= 0.3 is 0 Å². The minimum atomic E-state index is -0.654. The smallest absolute Gasteiger partial charge is 0.149 e. The minimum Gasteiger partial charge on any atom is -0.351 e. The van der Waals surface area contributed by atoms with Gasteiger partial charge in [-0.15, -0.1) is 0 Å². The number of nitrogens with zero attached hydrogens (tertiary/aromatic N) is 2. The monoisotopic (exact) mass is 207 g/mol. The summed E-state index contributed by atoms with van der Waals surface area (Å²) in [6.07, 6.45) is 4.36. The Hall–Kier alpha value is -2.04. The molecule has 2 rings (SSSR count). The van der Waals surface area contributed by atoms with E-state index in [1.165, 1.54) is 30.9 Å². The van der Waals surface area contributed by atoms with E-state index in [1.807, 2.05) is 0 Å². The molecule has 2 aromatic rings. The lowest BCUT2D eigenvalue weighted by Gasteiger charge is -2.05. The van der Waals surface area contributed by atoms with E-state index >= 15 is 0 Å². The summed E-state index contributed by atoms with van der Waals surface area (Å²) in [6.45, 7) is 0. The predicted molar refractivity (Wildman–Crippen MR) is 51.7 cm³/mol.